The summed E-state index contributed by atoms with van der Waals surface area (Å²) >= 11 is 5.79. The maximum Gasteiger partial charge on any atom is 0.271 e. The molecule has 182 valence electrons. The Kier molecular flexibility index (Phi) is 6.90. The summed E-state index contributed by atoms with van der Waals surface area (Å²) in [4.78, 5) is 17.8. The highest BCUT2D eigenvalue weighted by Crippen LogP contribution is 2.39. The summed E-state index contributed by atoms with van der Waals surface area (Å²) in [7, 11) is 0. The quantitative estimate of drug-likeness (QED) is 0.141. The number of aromatic nitrogens is 2. The summed E-state index contributed by atoms with van der Waals surface area (Å²) in [6.45, 7) is 1.54. The number of hydrogen-bond acceptors (Lipinski definition) is 5. The lowest BCUT2D eigenvalue weighted by Crippen LogP contribution is -2.32. The highest BCUT2D eigenvalue weighted by Gasteiger charge is 2.41. The standard InChI is InChI=1S/C27H26N6O2S/c34-33(35)22-12-6-11-21(19-22)31-17-7-14-24(31)26-25(23-13-4-5-15-29-23)30-27(36)32(26)18-8-16-28-20-9-2-1-3-10-20/h1-7,9-15,17,19,25-26,28H,8,16,18H2,(H,30,36). The number of para-hydroxylation sites is 1. The first-order chi connectivity index (χ1) is 17.6. The van der Waals surface area contributed by atoms with Crippen molar-refractivity contribution in [3.8, 4) is 5.69 Å². The van der Waals surface area contributed by atoms with E-state index >= 15 is 0 Å². The van der Waals surface area contributed by atoms with Gasteiger partial charge in [-0.2, -0.15) is 0 Å². The number of nitrogens with one attached hydrogen (secondary N) is 2. The van der Waals surface area contributed by atoms with Gasteiger partial charge in [-0.3, -0.25) is 15.1 Å². The predicted octanol–water partition coefficient (Wildman–Crippen LogP) is 5.26. The van der Waals surface area contributed by atoms with Gasteiger partial charge in [-0.15, -0.1) is 0 Å². The van der Waals surface area contributed by atoms with Crippen LogP contribution in [0.25, 0.3) is 5.69 Å². The van der Waals surface area contributed by atoms with E-state index < -0.39 is 0 Å². The van der Waals surface area contributed by atoms with E-state index in [2.05, 4.69) is 20.5 Å². The molecule has 1 fully saturated rings. The topological polar surface area (TPSA) is 88.3 Å². The van der Waals surface area contributed by atoms with Crippen LogP contribution in [0.4, 0.5) is 11.4 Å². The molecule has 0 amide bonds. The molecule has 0 aliphatic carbocycles. The highest BCUT2D eigenvalue weighted by molar-refractivity contribution is 7.80. The Morgan fingerprint density at radius 1 is 1.03 bits per heavy atom. The Balaban J connectivity index is 1.44. The molecule has 2 N–H and O–H groups in total. The zero-order valence-electron chi connectivity index (χ0n) is 19.5. The lowest BCUT2D eigenvalue weighted by Gasteiger charge is -2.29. The van der Waals surface area contributed by atoms with Gasteiger partial charge in [-0.25, -0.2) is 0 Å². The van der Waals surface area contributed by atoms with Crippen LogP contribution in [0.3, 0.4) is 0 Å². The fraction of sp³-hybridized carbons (Fsp3) is 0.185. The van der Waals surface area contributed by atoms with Crippen LogP contribution in [0, 0.1) is 10.1 Å². The summed E-state index contributed by atoms with van der Waals surface area (Å²) < 4.78 is 2.00. The molecule has 2 aromatic heterocycles. The van der Waals surface area contributed by atoms with Crippen LogP contribution >= 0.6 is 12.2 Å². The Morgan fingerprint density at radius 3 is 2.64 bits per heavy atom. The molecular formula is C27H26N6O2S. The lowest BCUT2D eigenvalue weighted by molar-refractivity contribution is -0.384. The third-order valence-electron chi connectivity index (χ3n) is 6.28. The van der Waals surface area contributed by atoms with Crippen LogP contribution in [-0.4, -0.2) is 37.6 Å². The molecule has 5 rings (SSSR count). The van der Waals surface area contributed by atoms with Gasteiger partial charge >= 0.3 is 0 Å². The number of rotatable bonds is 9. The molecule has 3 heterocycles. The van der Waals surface area contributed by atoms with E-state index in [0.717, 1.165) is 42.3 Å². The van der Waals surface area contributed by atoms with Crippen molar-refractivity contribution in [1.82, 2.24) is 19.8 Å². The Bertz CT molecular complexity index is 1340. The summed E-state index contributed by atoms with van der Waals surface area (Å²) in [5, 5.41) is 19.0. The van der Waals surface area contributed by atoms with E-state index in [1.54, 1.807) is 18.3 Å². The first-order valence-corrected chi connectivity index (χ1v) is 12.2. The fourth-order valence-electron chi connectivity index (χ4n) is 4.63. The molecule has 2 unspecified atom stereocenters. The van der Waals surface area contributed by atoms with Crippen molar-refractivity contribution in [3.05, 3.63) is 119 Å². The van der Waals surface area contributed by atoms with Crippen LogP contribution < -0.4 is 10.6 Å². The minimum Gasteiger partial charge on any atom is -0.385 e. The average molecular weight is 499 g/mol. The first-order valence-electron chi connectivity index (χ1n) is 11.8. The van der Waals surface area contributed by atoms with Crippen LogP contribution in [0.2, 0.25) is 0 Å². The zero-order valence-corrected chi connectivity index (χ0v) is 20.3. The maximum absolute atomic E-state index is 11.4. The first kappa shape index (κ1) is 23.5. The molecule has 9 heteroatoms. The van der Waals surface area contributed by atoms with Gasteiger partial charge in [0.1, 0.15) is 0 Å². The number of thiocarbonyl (C=S) groups is 1. The van der Waals surface area contributed by atoms with Crippen molar-refractivity contribution in [2.75, 3.05) is 18.4 Å². The van der Waals surface area contributed by atoms with Crippen molar-refractivity contribution in [2.24, 2.45) is 0 Å². The summed E-state index contributed by atoms with van der Waals surface area (Å²) in [6, 6.07) is 26.4. The molecule has 1 saturated heterocycles. The van der Waals surface area contributed by atoms with Crippen LogP contribution in [-0.2, 0) is 0 Å². The normalized spacial score (nSPS) is 17.1. The van der Waals surface area contributed by atoms with Crippen molar-refractivity contribution in [2.45, 2.75) is 18.5 Å². The van der Waals surface area contributed by atoms with E-state index in [1.165, 1.54) is 6.07 Å². The highest BCUT2D eigenvalue weighted by atomic mass is 32.1. The number of non-ortho nitro benzene ring substituents is 1. The van der Waals surface area contributed by atoms with Gasteiger partial charge in [0.05, 0.1) is 28.4 Å². The summed E-state index contributed by atoms with van der Waals surface area (Å²) in [5.41, 5.74) is 3.74. The summed E-state index contributed by atoms with van der Waals surface area (Å²) in [6.07, 6.45) is 4.59. The summed E-state index contributed by atoms with van der Waals surface area (Å²) in [5.74, 6) is 0. The number of nitro benzene ring substituents is 1. The largest absolute Gasteiger partial charge is 0.385 e. The van der Waals surface area contributed by atoms with Crippen LogP contribution in [0.15, 0.2) is 97.3 Å². The van der Waals surface area contributed by atoms with Crippen LogP contribution in [0.1, 0.15) is 29.9 Å². The van der Waals surface area contributed by atoms with Gasteiger partial charge in [0.25, 0.3) is 5.69 Å². The molecule has 0 bridgehead atoms. The molecular weight excluding hydrogens is 472 g/mol. The molecule has 1 aliphatic rings. The maximum atomic E-state index is 11.4. The molecule has 1 aliphatic heterocycles. The third kappa shape index (κ3) is 4.92. The molecule has 0 spiro atoms. The lowest BCUT2D eigenvalue weighted by atomic mass is 10.0. The van der Waals surface area contributed by atoms with E-state index in [-0.39, 0.29) is 22.7 Å². The van der Waals surface area contributed by atoms with Gasteiger partial charge in [-0.1, -0.05) is 30.3 Å². The third-order valence-corrected chi connectivity index (χ3v) is 6.63. The Labute approximate surface area is 214 Å². The van der Waals surface area contributed by atoms with E-state index in [1.807, 2.05) is 77.5 Å². The molecule has 2 aromatic carbocycles. The second-order valence-corrected chi connectivity index (χ2v) is 8.93. The molecule has 2 atom stereocenters. The smallest absolute Gasteiger partial charge is 0.271 e. The SMILES string of the molecule is O=[N+]([O-])c1cccc(-n2cccc2C2C(c3ccccn3)NC(=S)N2CCCNc2ccccc2)c1. The second kappa shape index (κ2) is 10.6. The number of nitro groups is 1. The van der Waals surface area contributed by atoms with Crippen molar-refractivity contribution in [1.29, 1.82) is 0 Å². The number of anilines is 1. The van der Waals surface area contributed by atoms with E-state index in [0.29, 0.717) is 5.11 Å². The molecule has 0 saturated carbocycles. The monoisotopic (exact) mass is 498 g/mol. The predicted molar refractivity (Wildman–Crippen MR) is 144 cm³/mol. The Morgan fingerprint density at radius 2 is 1.86 bits per heavy atom. The van der Waals surface area contributed by atoms with Crippen molar-refractivity contribution < 1.29 is 4.92 Å². The number of pyridine rings is 1. The van der Waals surface area contributed by atoms with E-state index in [4.69, 9.17) is 12.2 Å². The van der Waals surface area contributed by atoms with Gasteiger partial charge in [0.15, 0.2) is 5.11 Å². The van der Waals surface area contributed by atoms with Crippen LogP contribution in [0.5, 0.6) is 0 Å². The number of hydrogen-bond donors (Lipinski definition) is 2. The Hall–Kier alpha value is -4.24. The average Bonchev–Trinajstić information content (AvgIpc) is 3.52. The fourth-order valence-corrected chi connectivity index (χ4v) is 4.96. The van der Waals surface area contributed by atoms with Gasteiger partial charge < -0.3 is 20.1 Å². The molecule has 4 aromatic rings. The van der Waals surface area contributed by atoms with Crippen molar-refractivity contribution >= 4 is 28.7 Å². The number of benzene rings is 2. The molecule has 0 radical (unpaired) electrons. The van der Waals surface area contributed by atoms with Gasteiger partial charge in [0.2, 0.25) is 0 Å². The van der Waals surface area contributed by atoms with Gasteiger partial charge in [-0.05, 0) is 61.1 Å². The van der Waals surface area contributed by atoms with Gasteiger partial charge in [0, 0.05) is 49.0 Å². The minimum absolute atomic E-state index is 0.0531. The number of nitrogens with zero attached hydrogens (tertiary/aromatic N) is 4. The second-order valence-electron chi connectivity index (χ2n) is 8.55. The van der Waals surface area contributed by atoms with Crippen molar-refractivity contribution in [3.63, 3.8) is 0 Å². The van der Waals surface area contributed by atoms with E-state index in [9.17, 15) is 10.1 Å². The molecule has 8 nitrogen and oxygen atoms in total. The minimum atomic E-state index is -0.373. The zero-order chi connectivity index (χ0) is 24.9. The molecule has 36 heavy (non-hydrogen) atoms.